The van der Waals surface area contributed by atoms with Gasteiger partial charge < -0.3 is 15.0 Å². The fourth-order valence-corrected chi connectivity index (χ4v) is 2.66. The van der Waals surface area contributed by atoms with E-state index in [1.807, 2.05) is 6.20 Å². The van der Waals surface area contributed by atoms with Crippen molar-refractivity contribution in [3.8, 4) is 0 Å². The minimum Gasteiger partial charge on any atom is -0.372 e. The lowest BCUT2D eigenvalue weighted by atomic mass is 10.2. The normalized spacial score (nSPS) is 27.6. The van der Waals surface area contributed by atoms with E-state index in [1.54, 1.807) is 0 Å². The van der Waals surface area contributed by atoms with Gasteiger partial charge >= 0.3 is 0 Å². The second kappa shape index (κ2) is 5.47. The Morgan fingerprint density at radius 1 is 1.32 bits per heavy atom. The Labute approximate surface area is 115 Å². The predicted octanol–water partition coefficient (Wildman–Crippen LogP) is 1.95. The van der Waals surface area contributed by atoms with Crippen LogP contribution in [0.15, 0.2) is 18.3 Å². The molecule has 2 aliphatic rings. The molecule has 1 aromatic heterocycles. The lowest BCUT2D eigenvalue weighted by Gasteiger charge is -2.36. The van der Waals surface area contributed by atoms with Crippen LogP contribution >= 0.6 is 0 Å². The van der Waals surface area contributed by atoms with E-state index >= 15 is 0 Å². The van der Waals surface area contributed by atoms with E-state index in [9.17, 15) is 0 Å². The number of nitrogens with one attached hydrogen (secondary N) is 1. The molecule has 1 aliphatic heterocycles. The summed E-state index contributed by atoms with van der Waals surface area (Å²) >= 11 is 0. The smallest absolute Gasteiger partial charge is 0.128 e. The van der Waals surface area contributed by atoms with E-state index in [4.69, 9.17) is 4.74 Å². The number of rotatable bonds is 4. The molecule has 19 heavy (non-hydrogen) atoms. The molecule has 4 nitrogen and oxygen atoms in total. The number of hydrogen-bond donors (Lipinski definition) is 1. The van der Waals surface area contributed by atoms with Gasteiger partial charge in [-0.2, -0.15) is 0 Å². The zero-order chi connectivity index (χ0) is 13.2. The molecule has 0 bridgehead atoms. The maximum atomic E-state index is 5.77. The van der Waals surface area contributed by atoms with Gasteiger partial charge in [0.2, 0.25) is 0 Å². The molecule has 4 heteroatoms. The first-order valence-corrected chi connectivity index (χ1v) is 7.29. The summed E-state index contributed by atoms with van der Waals surface area (Å²) in [6, 6.07) is 5.06. The molecule has 1 saturated heterocycles. The first-order valence-electron chi connectivity index (χ1n) is 7.29. The minimum absolute atomic E-state index is 0.277. The highest BCUT2D eigenvalue weighted by Gasteiger charge is 2.23. The molecule has 1 saturated carbocycles. The summed E-state index contributed by atoms with van der Waals surface area (Å²) in [5.74, 6) is 1.08. The van der Waals surface area contributed by atoms with E-state index in [0.717, 1.165) is 31.5 Å². The Bertz CT molecular complexity index is 423. The second-order valence-corrected chi connectivity index (χ2v) is 5.84. The average molecular weight is 261 g/mol. The van der Waals surface area contributed by atoms with Crippen molar-refractivity contribution in [2.45, 2.75) is 51.5 Å². The number of anilines is 1. The van der Waals surface area contributed by atoms with Crippen LogP contribution in [0.5, 0.6) is 0 Å². The first-order chi connectivity index (χ1) is 9.20. The summed E-state index contributed by atoms with van der Waals surface area (Å²) in [7, 11) is 0. The van der Waals surface area contributed by atoms with Crippen LogP contribution in [-0.4, -0.2) is 36.3 Å². The van der Waals surface area contributed by atoms with Gasteiger partial charge in [-0.15, -0.1) is 0 Å². The Hall–Kier alpha value is -1.13. The predicted molar refractivity (Wildman–Crippen MR) is 76.3 cm³/mol. The lowest BCUT2D eigenvalue weighted by Crippen LogP contribution is -2.45. The van der Waals surface area contributed by atoms with Crippen LogP contribution in [-0.2, 0) is 11.3 Å². The van der Waals surface area contributed by atoms with Crippen molar-refractivity contribution in [2.24, 2.45) is 0 Å². The Balaban J connectivity index is 1.66. The van der Waals surface area contributed by atoms with Crippen molar-refractivity contribution >= 4 is 5.82 Å². The van der Waals surface area contributed by atoms with Crippen LogP contribution in [0, 0.1) is 0 Å². The number of aromatic nitrogens is 1. The van der Waals surface area contributed by atoms with E-state index in [0.29, 0.717) is 0 Å². The molecule has 2 heterocycles. The SMILES string of the molecule is C[C@@H]1CN(c2cc(CNC3CC3)ccn2)C[C@H](C)O1. The van der Waals surface area contributed by atoms with Crippen molar-refractivity contribution in [1.29, 1.82) is 0 Å². The van der Waals surface area contributed by atoms with Gasteiger partial charge in [-0.05, 0) is 44.4 Å². The Kier molecular flexibility index (Phi) is 3.71. The van der Waals surface area contributed by atoms with Gasteiger partial charge in [0, 0.05) is 31.9 Å². The third-order valence-corrected chi connectivity index (χ3v) is 3.73. The summed E-state index contributed by atoms with van der Waals surface area (Å²) < 4.78 is 5.77. The summed E-state index contributed by atoms with van der Waals surface area (Å²) in [6.45, 7) is 7.06. The summed E-state index contributed by atoms with van der Waals surface area (Å²) in [5.41, 5.74) is 1.32. The van der Waals surface area contributed by atoms with Crippen molar-refractivity contribution in [1.82, 2.24) is 10.3 Å². The molecule has 0 spiro atoms. The van der Waals surface area contributed by atoms with Gasteiger partial charge in [0.15, 0.2) is 0 Å². The highest BCUT2D eigenvalue weighted by atomic mass is 16.5. The molecule has 2 fully saturated rings. The third-order valence-electron chi connectivity index (χ3n) is 3.73. The van der Waals surface area contributed by atoms with Crippen LogP contribution < -0.4 is 10.2 Å². The fourth-order valence-electron chi connectivity index (χ4n) is 2.66. The number of hydrogen-bond acceptors (Lipinski definition) is 4. The zero-order valence-electron chi connectivity index (χ0n) is 11.8. The molecule has 104 valence electrons. The third kappa shape index (κ3) is 3.45. The van der Waals surface area contributed by atoms with E-state index < -0.39 is 0 Å². The summed E-state index contributed by atoms with van der Waals surface area (Å²) in [6.07, 6.45) is 5.13. The standard InChI is InChI=1S/C15H23N3O/c1-11-9-18(10-12(2)19-11)15-7-13(5-6-16-15)8-17-14-3-4-14/h5-7,11-12,14,17H,3-4,8-10H2,1-2H3/t11-,12+. The maximum absolute atomic E-state index is 5.77. The number of pyridine rings is 1. The van der Waals surface area contributed by atoms with Crippen LogP contribution in [0.4, 0.5) is 5.82 Å². The summed E-state index contributed by atoms with van der Waals surface area (Å²) in [4.78, 5) is 6.85. The van der Waals surface area contributed by atoms with E-state index in [-0.39, 0.29) is 12.2 Å². The molecule has 0 aromatic carbocycles. The zero-order valence-corrected chi connectivity index (χ0v) is 11.8. The molecule has 3 rings (SSSR count). The quantitative estimate of drug-likeness (QED) is 0.899. The Morgan fingerprint density at radius 3 is 2.74 bits per heavy atom. The van der Waals surface area contributed by atoms with Crippen molar-refractivity contribution < 1.29 is 4.74 Å². The van der Waals surface area contributed by atoms with Crippen molar-refractivity contribution in [3.63, 3.8) is 0 Å². The fraction of sp³-hybridized carbons (Fsp3) is 0.667. The van der Waals surface area contributed by atoms with Crippen LogP contribution in [0.3, 0.4) is 0 Å². The first kappa shape index (κ1) is 12.9. The number of nitrogens with zero attached hydrogens (tertiary/aromatic N) is 2. The monoisotopic (exact) mass is 261 g/mol. The molecule has 0 amide bonds. The van der Waals surface area contributed by atoms with Gasteiger partial charge in [-0.1, -0.05) is 0 Å². The van der Waals surface area contributed by atoms with Gasteiger partial charge in [-0.3, -0.25) is 0 Å². The molecule has 1 aromatic rings. The van der Waals surface area contributed by atoms with Gasteiger partial charge in [0.25, 0.3) is 0 Å². The van der Waals surface area contributed by atoms with E-state index in [2.05, 4.69) is 41.2 Å². The molecule has 1 N–H and O–H groups in total. The second-order valence-electron chi connectivity index (χ2n) is 5.84. The van der Waals surface area contributed by atoms with Crippen LogP contribution in [0.1, 0.15) is 32.3 Å². The maximum Gasteiger partial charge on any atom is 0.128 e. The topological polar surface area (TPSA) is 37.4 Å². The van der Waals surface area contributed by atoms with Gasteiger partial charge in [0.1, 0.15) is 5.82 Å². The van der Waals surface area contributed by atoms with Crippen LogP contribution in [0.2, 0.25) is 0 Å². The molecular weight excluding hydrogens is 238 g/mol. The number of morpholine rings is 1. The average Bonchev–Trinajstić information content (AvgIpc) is 3.20. The molecule has 0 radical (unpaired) electrons. The number of ether oxygens (including phenoxy) is 1. The highest BCUT2D eigenvalue weighted by Crippen LogP contribution is 2.21. The largest absolute Gasteiger partial charge is 0.372 e. The van der Waals surface area contributed by atoms with Gasteiger partial charge in [0.05, 0.1) is 12.2 Å². The molecular formula is C15H23N3O. The lowest BCUT2D eigenvalue weighted by molar-refractivity contribution is -0.00546. The highest BCUT2D eigenvalue weighted by molar-refractivity contribution is 5.41. The van der Waals surface area contributed by atoms with E-state index in [1.165, 1.54) is 18.4 Å². The summed E-state index contributed by atoms with van der Waals surface area (Å²) in [5, 5.41) is 3.55. The van der Waals surface area contributed by atoms with Crippen molar-refractivity contribution in [3.05, 3.63) is 23.9 Å². The van der Waals surface area contributed by atoms with Crippen LogP contribution in [0.25, 0.3) is 0 Å². The van der Waals surface area contributed by atoms with Gasteiger partial charge in [-0.25, -0.2) is 4.98 Å². The molecule has 0 unspecified atom stereocenters. The minimum atomic E-state index is 0.277. The molecule has 2 atom stereocenters. The Morgan fingerprint density at radius 2 is 2.05 bits per heavy atom. The molecule has 1 aliphatic carbocycles. The van der Waals surface area contributed by atoms with Crippen molar-refractivity contribution in [2.75, 3.05) is 18.0 Å².